The number of methoxy groups -OCH3 is 1. The Labute approximate surface area is 136 Å². The highest BCUT2D eigenvalue weighted by Crippen LogP contribution is 2.35. The van der Waals surface area contributed by atoms with Crippen molar-refractivity contribution in [3.05, 3.63) is 46.8 Å². The first-order valence-electron chi connectivity index (χ1n) is 7.41. The number of halogens is 3. The van der Waals surface area contributed by atoms with E-state index in [1.807, 2.05) is 0 Å². The van der Waals surface area contributed by atoms with E-state index in [0.717, 1.165) is 23.4 Å². The summed E-state index contributed by atoms with van der Waals surface area (Å²) in [5.41, 5.74) is 7.99. The van der Waals surface area contributed by atoms with Crippen molar-refractivity contribution in [2.45, 2.75) is 18.6 Å². The highest BCUT2D eigenvalue weighted by atomic mass is 19.4. The predicted molar refractivity (Wildman–Crippen MR) is 83.3 cm³/mol. The number of nitrogens with two attached hydrogens (primary N) is 1. The van der Waals surface area contributed by atoms with E-state index in [1.54, 1.807) is 17.9 Å². The van der Waals surface area contributed by atoms with Crippen molar-refractivity contribution < 1.29 is 17.9 Å². The fourth-order valence-electron chi connectivity index (χ4n) is 2.90. The molecule has 0 amide bonds. The summed E-state index contributed by atoms with van der Waals surface area (Å²) >= 11 is 0. The van der Waals surface area contributed by atoms with Gasteiger partial charge in [0.1, 0.15) is 5.75 Å². The minimum atomic E-state index is -4.43. The van der Waals surface area contributed by atoms with E-state index in [0.29, 0.717) is 24.2 Å². The summed E-state index contributed by atoms with van der Waals surface area (Å²) in [6.45, 7) is 0.482. The zero-order valence-electron chi connectivity index (χ0n) is 13.3. The summed E-state index contributed by atoms with van der Waals surface area (Å²) in [7, 11) is 3.12. The molecule has 24 heavy (non-hydrogen) atoms. The van der Waals surface area contributed by atoms with Crippen molar-refractivity contribution in [1.82, 2.24) is 9.78 Å². The van der Waals surface area contributed by atoms with Crippen LogP contribution in [-0.2, 0) is 13.2 Å². The van der Waals surface area contributed by atoms with E-state index in [9.17, 15) is 13.2 Å². The topological polar surface area (TPSA) is 65.4 Å². The lowest BCUT2D eigenvalue weighted by Crippen LogP contribution is -2.17. The average Bonchev–Trinajstić information content (AvgIpc) is 2.82. The first-order valence-corrected chi connectivity index (χ1v) is 7.41. The van der Waals surface area contributed by atoms with Crippen LogP contribution in [0, 0.1) is 0 Å². The Morgan fingerprint density at radius 2 is 2.04 bits per heavy atom. The monoisotopic (exact) mass is 338 g/mol. The number of alkyl halides is 3. The molecular formula is C16H17F3N4O. The molecule has 0 saturated heterocycles. The zero-order valence-corrected chi connectivity index (χ0v) is 13.3. The van der Waals surface area contributed by atoms with E-state index >= 15 is 0 Å². The molecule has 2 heterocycles. The number of ether oxygens (including phenoxy) is 1. The van der Waals surface area contributed by atoms with Crippen LogP contribution in [0.1, 0.15) is 34.8 Å². The van der Waals surface area contributed by atoms with Gasteiger partial charge < -0.3 is 10.5 Å². The van der Waals surface area contributed by atoms with E-state index in [1.165, 1.54) is 13.2 Å². The highest BCUT2D eigenvalue weighted by Gasteiger charge is 2.32. The second-order valence-electron chi connectivity index (χ2n) is 5.61. The molecule has 128 valence electrons. The molecule has 2 N–H and O–H groups in total. The quantitative estimate of drug-likeness (QED) is 0.916. The van der Waals surface area contributed by atoms with Gasteiger partial charge in [-0.2, -0.15) is 18.3 Å². The fraction of sp³-hybridized carbons (Fsp3) is 0.375. The lowest BCUT2D eigenvalue weighted by atomic mass is 9.98. The number of aliphatic imine (C=N–C) groups is 1. The van der Waals surface area contributed by atoms with Crippen LogP contribution in [0.5, 0.6) is 5.75 Å². The molecule has 0 bridgehead atoms. The van der Waals surface area contributed by atoms with E-state index in [2.05, 4.69) is 10.1 Å². The molecule has 5 nitrogen and oxygen atoms in total. The van der Waals surface area contributed by atoms with Crippen LogP contribution in [0.4, 0.5) is 13.2 Å². The van der Waals surface area contributed by atoms with Gasteiger partial charge in [0.05, 0.1) is 30.3 Å². The van der Waals surface area contributed by atoms with Gasteiger partial charge in [0.2, 0.25) is 0 Å². The van der Waals surface area contributed by atoms with Crippen LogP contribution >= 0.6 is 0 Å². The van der Waals surface area contributed by atoms with Crippen molar-refractivity contribution in [2.24, 2.45) is 17.8 Å². The van der Waals surface area contributed by atoms with Crippen molar-refractivity contribution in [2.75, 3.05) is 13.7 Å². The maximum Gasteiger partial charge on any atom is 0.416 e. The van der Waals surface area contributed by atoms with Crippen molar-refractivity contribution in [1.29, 1.82) is 0 Å². The molecule has 0 saturated carbocycles. The van der Waals surface area contributed by atoms with Crippen molar-refractivity contribution >= 4 is 5.71 Å². The minimum absolute atomic E-state index is 0.119. The number of benzene rings is 1. The summed E-state index contributed by atoms with van der Waals surface area (Å²) in [4.78, 5) is 4.52. The Bertz CT molecular complexity index is 795. The summed E-state index contributed by atoms with van der Waals surface area (Å²) < 4.78 is 45.6. The predicted octanol–water partition coefficient (Wildman–Crippen LogP) is 2.69. The standard InChI is InChI=1S/C16H17F3N4O/c1-23-15-11(8-22-23)14(21-6-5-12(15)20)10-4-3-9(16(17,18)19)7-13(10)24-2/h3-4,7-8,12H,5-6,20H2,1-2H3. The number of aryl methyl sites for hydroxylation is 1. The van der Waals surface area contributed by atoms with E-state index in [-0.39, 0.29) is 11.8 Å². The van der Waals surface area contributed by atoms with Gasteiger partial charge in [-0.3, -0.25) is 9.67 Å². The summed E-state index contributed by atoms with van der Waals surface area (Å²) in [6.07, 6.45) is -2.16. The molecule has 1 unspecified atom stereocenters. The second kappa shape index (κ2) is 5.94. The molecule has 3 rings (SSSR count). The van der Waals surface area contributed by atoms with Gasteiger partial charge in [-0.15, -0.1) is 0 Å². The molecule has 1 aliphatic heterocycles. The Balaban J connectivity index is 2.15. The van der Waals surface area contributed by atoms with Crippen LogP contribution in [-0.4, -0.2) is 29.1 Å². The Morgan fingerprint density at radius 3 is 2.71 bits per heavy atom. The molecule has 0 radical (unpaired) electrons. The number of fused-ring (bicyclic) bond motifs is 1. The molecule has 1 atom stereocenters. The van der Waals surface area contributed by atoms with Crippen LogP contribution in [0.15, 0.2) is 29.4 Å². The van der Waals surface area contributed by atoms with Gasteiger partial charge >= 0.3 is 6.18 Å². The summed E-state index contributed by atoms with van der Waals surface area (Å²) in [5.74, 6) is 0.119. The van der Waals surface area contributed by atoms with E-state index < -0.39 is 11.7 Å². The number of nitrogens with zero attached hydrogens (tertiary/aromatic N) is 3. The Morgan fingerprint density at radius 1 is 1.29 bits per heavy atom. The molecule has 0 fully saturated rings. The van der Waals surface area contributed by atoms with Gasteiger partial charge in [-0.1, -0.05) is 0 Å². The number of hydrogen-bond acceptors (Lipinski definition) is 4. The minimum Gasteiger partial charge on any atom is -0.496 e. The normalized spacial score (nSPS) is 17.9. The molecule has 2 aromatic rings. The van der Waals surface area contributed by atoms with Crippen LogP contribution < -0.4 is 10.5 Å². The largest absolute Gasteiger partial charge is 0.496 e. The zero-order chi connectivity index (χ0) is 17.5. The van der Waals surface area contributed by atoms with Gasteiger partial charge in [0, 0.05) is 30.8 Å². The smallest absolute Gasteiger partial charge is 0.416 e. The molecule has 8 heteroatoms. The average molecular weight is 338 g/mol. The van der Waals surface area contributed by atoms with Gasteiger partial charge in [0.25, 0.3) is 0 Å². The third-order valence-electron chi connectivity index (χ3n) is 4.08. The second-order valence-corrected chi connectivity index (χ2v) is 5.61. The highest BCUT2D eigenvalue weighted by molar-refractivity contribution is 6.15. The molecule has 1 aromatic heterocycles. The molecule has 1 aliphatic rings. The Kier molecular flexibility index (Phi) is 4.08. The molecule has 0 spiro atoms. The summed E-state index contributed by atoms with van der Waals surface area (Å²) in [6, 6.07) is 3.17. The lowest BCUT2D eigenvalue weighted by Gasteiger charge is -2.15. The lowest BCUT2D eigenvalue weighted by molar-refractivity contribution is -0.137. The first-order chi connectivity index (χ1) is 11.3. The number of rotatable bonds is 2. The molecular weight excluding hydrogens is 321 g/mol. The van der Waals surface area contributed by atoms with Crippen LogP contribution in [0.25, 0.3) is 0 Å². The van der Waals surface area contributed by atoms with Crippen molar-refractivity contribution in [3.8, 4) is 5.75 Å². The third-order valence-corrected chi connectivity index (χ3v) is 4.08. The number of aromatic nitrogens is 2. The first kappa shape index (κ1) is 16.5. The van der Waals surface area contributed by atoms with Crippen LogP contribution in [0.3, 0.4) is 0 Å². The molecule has 1 aromatic carbocycles. The maximum absolute atomic E-state index is 12.9. The van der Waals surface area contributed by atoms with Crippen LogP contribution in [0.2, 0.25) is 0 Å². The SMILES string of the molecule is COc1cc(C(F)(F)F)ccc1C1=NCCC(N)c2c1cnn2C. The van der Waals surface area contributed by atoms with Crippen molar-refractivity contribution in [3.63, 3.8) is 0 Å². The van der Waals surface area contributed by atoms with Gasteiger partial charge in [-0.25, -0.2) is 0 Å². The van der Waals surface area contributed by atoms with E-state index in [4.69, 9.17) is 10.5 Å². The number of hydrogen-bond donors (Lipinski definition) is 1. The third kappa shape index (κ3) is 2.77. The van der Waals surface area contributed by atoms with Gasteiger partial charge in [0.15, 0.2) is 0 Å². The fourth-order valence-corrected chi connectivity index (χ4v) is 2.90. The summed E-state index contributed by atoms with van der Waals surface area (Å²) in [5, 5.41) is 4.21. The Hall–Kier alpha value is -2.35. The van der Waals surface area contributed by atoms with Gasteiger partial charge in [-0.05, 0) is 24.6 Å². The molecule has 0 aliphatic carbocycles. The maximum atomic E-state index is 12.9.